The van der Waals surface area contributed by atoms with Gasteiger partial charge in [-0.05, 0) is 32.0 Å². The summed E-state index contributed by atoms with van der Waals surface area (Å²) in [6, 6.07) is 10.0. The Labute approximate surface area is 116 Å². The third kappa shape index (κ3) is 5.30. The Balaban J connectivity index is 2.62. The molecule has 1 amide bonds. The average Bonchev–Trinajstić information content (AvgIpc) is 2.43. The molecule has 0 aliphatic heterocycles. The molecule has 0 heterocycles. The molecule has 1 aromatic carbocycles. The van der Waals surface area contributed by atoms with Crippen molar-refractivity contribution in [3.8, 4) is 0 Å². The van der Waals surface area contributed by atoms with E-state index in [9.17, 15) is 4.79 Å². The van der Waals surface area contributed by atoms with E-state index >= 15 is 0 Å². The molecule has 4 heteroatoms. The summed E-state index contributed by atoms with van der Waals surface area (Å²) in [6.07, 6.45) is 3.04. The molecular formula is C15H25N3O. The number of hydrogen-bond acceptors (Lipinski definition) is 3. The summed E-state index contributed by atoms with van der Waals surface area (Å²) in [5.74, 6) is -0.286. The van der Waals surface area contributed by atoms with E-state index in [0.29, 0.717) is 0 Å². The molecule has 4 nitrogen and oxygen atoms in total. The van der Waals surface area contributed by atoms with Crippen LogP contribution in [0.15, 0.2) is 30.3 Å². The zero-order valence-corrected chi connectivity index (χ0v) is 11.9. The Morgan fingerprint density at radius 3 is 2.53 bits per heavy atom. The molecule has 19 heavy (non-hydrogen) atoms. The van der Waals surface area contributed by atoms with E-state index in [-0.39, 0.29) is 11.9 Å². The van der Waals surface area contributed by atoms with Crippen molar-refractivity contribution < 1.29 is 4.79 Å². The first-order valence-corrected chi connectivity index (χ1v) is 6.95. The molecule has 0 aliphatic carbocycles. The predicted molar refractivity (Wildman–Crippen MR) is 80.2 cm³/mol. The number of nitrogens with zero attached hydrogens (tertiary/aromatic N) is 1. The molecule has 0 bridgehead atoms. The molecule has 0 aliphatic rings. The lowest BCUT2D eigenvalue weighted by Crippen LogP contribution is -2.42. The Morgan fingerprint density at radius 1 is 1.32 bits per heavy atom. The number of benzene rings is 1. The maximum Gasteiger partial charge on any atom is 0.234 e. The number of anilines is 1. The quantitative estimate of drug-likeness (QED) is 0.713. The first-order chi connectivity index (χ1) is 9.19. The summed E-state index contributed by atoms with van der Waals surface area (Å²) in [5, 5.41) is 2.96. The van der Waals surface area contributed by atoms with Crippen LogP contribution in [0.4, 0.5) is 5.69 Å². The normalized spacial score (nSPS) is 12.1. The number of nitrogens with two attached hydrogens (primary N) is 1. The summed E-state index contributed by atoms with van der Waals surface area (Å²) >= 11 is 0. The van der Waals surface area contributed by atoms with Crippen LogP contribution in [0.2, 0.25) is 0 Å². The Bertz CT molecular complexity index is 367. The van der Waals surface area contributed by atoms with E-state index in [2.05, 4.69) is 29.3 Å². The van der Waals surface area contributed by atoms with Gasteiger partial charge in [-0.2, -0.15) is 0 Å². The van der Waals surface area contributed by atoms with Gasteiger partial charge in [0.15, 0.2) is 0 Å². The summed E-state index contributed by atoms with van der Waals surface area (Å²) in [6.45, 7) is 4.02. The van der Waals surface area contributed by atoms with Crippen LogP contribution in [0.3, 0.4) is 0 Å². The second-order valence-electron chi connectivity index (χ2n) is 4.71. The maximum absolute atomic E-state index is 11.2. The fourth-order valence-electron chi connectivity index (χ4n) is 2.07. The van der Waals surface area contributed by atoms with Crippen LogP contribution in [0.25, 0.3) is 0 Å². The van der Waals surface area contributed by atoms with Gasteiger partial charge in [-0.15, -0.1) is 0 Å². The minimum atomic E-state index is -0.286. The Morgan fingerprint density at radius 2 is 2.00 bits per heavy atom. The molecule has 106 valence electrons. The zero-order valence-electron chi connectivity index (χ0n) is 11.9. The second kappa shape index (κ2) is 8.53. The molecule has 0 radical (unpaired) electrons. The summed E-state index contributed by atoms with van der Waals surface area (Å²) in [5.41, 5.74) is 6.56. The van der Waals surface area contributed by atoms with E-state index in [1.165, 1.54) is 5.69 Å². The highest BCUT2D eigenvalue weighted by Gasteiger charge is 2.14. The van der Waals surface area contributed by atoms with Gasteiger partial charge in [0.05, 0.1) is 6.04 Å². The summed E-state index contributed by atoms with van der Waals surface area (Å²) < 4.78 is 0. The third-order valence-corrected chi connectivity index (χ3v) is 3.28. The average molecular weight is 263 g/mol. The number of rotatable bonds is 9. The molecule has 1 atom stereocenters. The minimum absolute atomic E-state index is 0.257. The molecule has 1 aromatic rings. The molecule has 1 unspecified atom stereocenters. The van der Waals surface area contributed by atoms with Gasteiger partial charge in [-0.3, -0.25) is 4.79 Å². The molecule has 3 N–H and O–H groups in total. The van der Waals surface area contributed by atoms with Crippen LogP contribution in [0.1, 0.15) is 26.2 Å². The van der Waals surface area contributed by atoms with Crippen molar-refractivity contribution in [2.24, 2.45) is 5.73 Å². The van der Waals surface area contributed by atoms with Gasteiger partial charge in [0.1, 0.15) is 0 Å². The number of amides is 1. The number of para-hydroxylation sites is 1. The van der Waals surface area contributed by atoms with Crippen LogP contribution in [-0.4, -0.2) is 32.1 Å². The molecule has 0 spiro atoms. The second-order valence-corrected chi connectivity index (χ2v) is 4.71. The third-order valence-electron chi connectivity index (χ3n) is 3.28. The summed E-state index contributed by atoms with van der Waals surface area (Å²) in [7, 11) is 1.77. The number of nitrogens with one attached hydrogen (secondary N) is 1. The fourth-order valence-corrected chi connectivity index (χ4v) is 2.07. The van der Waals surface area contributed by atoms with E-state index in [4.69, 9.17) is 5.73 Å². The van der Waals surface area contributed by atoms with Gasteiger partial charge < -0.3 is 16.0 Å². The highest BCUT2D eigenvalue weighted by Crippen LogP contribution is 2.15. The lowest BCUT2D eigenvalue weighted by molar-refractivity contribution is -0.120. The van der Waals surface area contributed by atoms with Gasteiger partial charge in [0.25, 0.3) is 0 Å². The van der Waals surface area contributed by atoms with E-state index in [0.717, 1.165) is 32.4 Å². The topological polar surface area (TPSA) is 58.4 Å². The van der Waals surface area contributed by atoms with Gasteiger partial charge in [-0.25, -0.2) is 0 Å². The highest BCUT2D eigenvalue weighted by molar-refractivity contribution is 5.79. The van der Waals surface area contributed by atoms with Crippen LogP contribution in [-0.2, 0) is 4.79 Å². The smallest absolute Gasteiger partial charge is 0.234 e. The molecule has 0 aromatic heterocycles. The number of carbonyl (C=O) groups excluding carboxylic acids is 1. The maximum atomic E-state index is 11.2. The van der Waals surface area contributed by atoms with Crippen LogP contribution >= 0.6 is 0 Å². The SMILES string of the molecule is CCCCN(CCC(NC)C(N)=O)c1ccccc1. The largest absolute Gasteiger partial charge is 0.371 e. The predicted octanol–water partition coefficient (Wildman–Crippen LogP) is 1.76. The Kier molecular flexibility index (Phi) is 6.97. The lowest BCUT2D eigenvalue weighted by atomic mass is 10.1. The van der Waals surface area contributed by atoms with Gasteiger partial charge in [0, 0.05) is 18.8 Å². The number of carbonyl (C=O) groups is 1. The van der Waals surface area contributed by atoms with Crippen LogP contribution < -0.4 is 16.0 Å². The van der Waals surface area contributed by atoms with Gasteiger partial charge >= 0.3 is 0 Å². The van der Waals surface area contributed by atoms with Crippen molar-refractivity contribution >= 4 is 11.6 Å². The van der Waals surface area contributed by atoms with E-state index in [1.807, 2.05) is 18.2 Å². The van der Waals surface area contributed by atoms with Crippen LogP contribution in [0.5, 0.6) is 0 Å². The molecule has 0 saturated heterocycles. The van der Waals surface area contributed by atoms with Crippen molar-refractivity contribution in [1.82, 2.24) is 5.32 Å². The lowest BCUT2D eigenvalue weighted by Gasteiger charge is -2.26. The first-order valence-electron chi connectivity index (χ1n) is 6.95. The number of primary amides is 1. The van der Waals surface area contributed by atoms with Crippen molar-refractivity contribution in [3.05, 3.63) is 30.3 Å². The minimum Gasteiger partial charge on any atom is -0.371 e. The molecule has 0 saturated carbocycles. The van der Waals surface area contributed by atoms with Crippen LogP contribution in [0, 0.1) is 0 Å². The van der Waals surface area contributed by atoms with E-state index in [1.54, 1.807) is 7.05 Å². The number of hydrogen-bond donors (Lipinski definition) is 2. The highest BCUT2D eigenvalue weighted by atomic mass is 16.1. The number of unbranched alkanes of at least 4 members (excludes halogenated alkanes) is 1. The zero-order chi connectivity index (χ0) is 14.1. The summed E-state index contributed by atoms with van der Waals surface area (Å²) in [4.78, 5) is 13.6. The molecule has 1 rings (SSSR count). The standard InChI is InChI=1S/C15H25N3O/c1-3-4-11-18(13-8-6-5-7-9-13)12-10-14(17-2)15(16)19/h5-9,14,17H,3-4,10-12H2,1-2H3,(H2,16,19). The van der Waals surface area contributed by atoms with Gasteiger partial charge in [0.2, 0.25) is 5.91 Å². The molecule has 0 fully saturated rings. The first kappa shape index (κ1) is 15.5. The van der Waals surface area contributed by atoms with Crippen molar-refractivity contribution in [3.63, 3.8) is 0 Å². The van der Waals surface area contributed by atoms with Crippen molar-refractivity contribution in [2.45, 2.75) is 32.2 Å². The van der Waals surface area contributed by atoms with E-state index < -0.39 is 0 Å². The number of likely N-dealkylation sites (N-methyl/N-ethyl adjacent to an activating group) is 1. The van der Waals surface area contributed by atoms with Crippen molar-refractivity contribution in [2.75, 3.05) is 25.0 Å². The fraction of sp³-hybridized carbons (Fsp3) is 0.533. The van der Waals surface area contributed by atoms with Crippen molar-refractivity contribution in [1.29, 1.82) is 0 Å². The molecular weight excluding hydrogens is 238 g/mol. The Hall–Kier alpha value is -1.55. The monoisotopic (exact) mass is 263 g/mol. The van der Waals surface area contributed by atoms with Gasteiger partial charge in [-0.1, -0.05) is 31.5 Å².